The third kappa shape index (κ3) is 4.87. The van der Waals surface area contributed by atoms with Gasteiger partial charge in [-0.15, -0.1) is 11.8 Å². The number of esters is 1. The number of carbonyl (C=O) groups is 2. The van der Waals surface area contributed by atoms with E-state index in [0.29, 0.717) is 21.2 Å². The lowest BCUT2D eigenvalue weighted by molar-refractivity contribution is -0.143. The van der Waals surface area contributed by atoms with Gasteiger partial charge >= 0.3 is 5.97 Å². The molecule has 0 fully saturated rings. The minimum atomic E-state index is -1.66. The zero-order valence-electron chi connectivity index (χ0n) is 15.4. The summed E-state index contributed by atoms with van der Waals surface area (Å²) in [6, 6.07) is 13.8. The highest BCUT2D eigenvalue weighted by atomic mass is 35.5. The molecule has 0 saturated heterocycles. The molecule has 0 amide bonds. The Morgan fingerprint density at radius 2 is 2.00 bits per heavy atom. The van der Waals surface area contributed by atoms with E-state index in [1.807, 2.05) is 5.38 Å². The molecule has 0 spiro atoms. The summed E-state index contributed by atoms with van der Waals surface area (Å²) in [4.78, 5) is 30.4. The molecule has 0 radical (unpaired) electrons. The molecule has 0 aliphatic rings. The van der Waals surface area contributed by atoms with E-state index in [-0.39, 0.29) is 6.42 Å². The number of methoxy groups -OCH3 is 1. The van der Waals surface area contributed by atoms with Crippen LogP contribution in [0.1, 0.15) is 17.7 Å². The van der Waals surface area contributed by atoms with Crippen molar-refractivity contribution in [3.8, 4) is 0 Å². The van der Waals surface area contributed by atoms with Gasteiger partial charge in [0.05, 0.1) is 17.8 Å². The van der Waals surface area contributed by atoms with Crippen molar-refractivity contribution < 1.29 is 19.4 Å². The van der Waals surface area contributed by atoms with Gasteiger partial charge in [0.1, 0.15) is 5.60 Å². The van der Waals surface area contributed by atoms with E-state index in [9.17, 15) is 14.7 Å². The average Bonchev–Trinajstić information content (AvgIpc) is 3.28. The Hall–Kier alpha value is -2.19. The fourth-order valence-electron chi connectivity index (χ4n) is 2.81. The smallest absolute Gasteiger partial charge is 0.326 e. The molecule has 2 atom stereocenters. The van der Waals surface area contributed by atoms with Crippen LogP contribution in [0, 0.1) is 0 Å². The van der Waals surface area contributed by atoms with Gasteiger partial charge in [-0.3, -0.25) is 14.6 Å². The number of carbonyl (C=O) groups excluding carboxylic acids is 2. The summed E-state index contributed by atoms with van der Waals surface area (Å²) in [7, 11) is 1.22. The molecular formula is C21H18ClNO4S2. The highest BCUT2D eigenvalue weighted by Gasteiger charge is 2.40. The molecule has 1 aromatic carbocycles. The van der Waals surface area contributed by atoms with Gasteiger partial charge in [0.25, 0.3) is 0 Å². The summed E-state index contributed by atoms with van der Waals surface area (Å²) in [6.07, 6.45) is 1.21. The number of halogens is 1. The van der Waals surface area contributed by atoms with Crippen LogP contribution >= 0.6 is 34.7 Å². The number of ether oxygens (including phenoxy) is 1. The fraction of sp³-hybridized carbons (Fsp3) is 0.190. The number of hydrogen-bond donors (Lipinski definition) is 1. The van der Waals surface area contributed by atoms with Crippen LogP contribution < -0.4 is 0 Å². The highest BCUT2D eigenvalue weighted by molar-refractivity contribution is 8.01. The number of thioether (sulfide) groups is 1. The standard InChI is InChI=1S/C21H18ClNO4S2/c1-27-20(25)19(29-17-7-3-2-6-15(17)22)16(24)12-21(26,14-9-11-28-13-14)18-8-4-5-10-23-18/h2-11,13,19,26H,12H2,1H3. The number of ketones is 1. The van der Waals surface area contributed by atoms with Gasteiger partial charge in [0.2, 0.25) is 0 Å². The number of nitrogens with zero attached hydrogens (tertiary/aromatic N) is 1. The molecule has 150 valence electrons. The van der Waals surface area contributed by atoms with Crippen LogP contribution in [-0.2, 0) is 19.9 Å². The lowest BCUT2D eigenvalue weighted by Crippen LogP contribution is -2.37. The molecule has 2 heterocycles. The van der Waals surface area contributed by atoms with Crippen molar-refractivity contribution in [3.05, 3.63) is 81.8 Å². The predicted molar refractivity (Wildman–Crippen MR) is 114 cm³/mol. The molecule has 0 bridgehead atoms. The van der Waals surface area contributed by atoms with Crippen molar-refractivity contribution in [1.29, 1.82) is 0 Å². The quantitative estimate of drug-likeness (QED) is 0.315. The Bertz CT molecular complexity index is 981. The molecule has 8 heteroatoms. The van der Waals surface area contributed by atoms with Gasteiger partial charge in [0, 0.05) is 23.1 Å². The van der Waals surface area contributed by atoms with E-state index in [2.05, 4.69) is 4.98 Å². The van der Waals surface area contributed by atoms with Crippen LogP contribution in [0.5, 0.6) is 0 Å². The number of benzene rings is 1. The number of rotatable bonds is 8. The van der Waals surface area contributed by atoms with Crippen molar-refractivity contribution >= 4 is 46.5 Å². The maximum Gasteiger partial charge on any atom is 0.326 e. The number of pyridine rings is 1. The van der Waals surface area contributed by atoms with E-state index >= 15 is 0 Å². The van der Waals surface area contributed by atoms with E-state index < -0.39 is 22.6 Å². The van der Waals surface area contributed by atoms with Crippen LogP contribution in [0.3, 0.4) is 0 Å². The second kappa shape index (κ2) is 9.54. The SMILES string of the molecule is COC(=O)C(Sc1ccccc1Cl)C(=O)CC(O)(c1ccsc1)c1ccccn1. The topological polar surface area (TPSA) is 76.5 Å². The first-order chi connectivity index (χ1) is 14.0. The zero-order valence-corrected chi connectivity index (χ0v) is 17.8. The normalized spacial score (nSPS) is 14.0. The first-order valence-corrected chi connectivity index (χ1v) is 10.8. The second-order valence-corrected chi connectivity index (χ2v) is 8.52. The lowest BCUT2D eigenvalue weighted by atomic mass is 9.86. The van der Waals surface area contributed by atoms with Crippen LogP contribution in [0.15, 0.2) is 70.4 Å². The Kier molecular flexibility index (Phi) is 7.08. The van der Waals surface area contributed by atoms with E-state index in [1.54, 1.807) is 60.1 Å². The molecule has 0 saturated carbocycles. The summed E-state index contributed by atoms with van der Waals surface area (Å²) in [5, 5.41) is 14.3. The van der Waals surface area contributed by atoms with Crippen LogP contribution in [-0.4, -0.2) is 34.2 Å². The maximum absolute atomic E-state index is 13.2. The number of thiophene rings is 1. The molecular weight excluding hydrogens is 430 g/mol. The molecule has 0 aliphatic carbocycles. The Balaban J connectivity index is 1.94. The molecule has 2 aromatic heterocycles. The Morgan fingerprint density at radius 1 is 1.24 bits per heavy atom. The van der Waals surface area contributed by atoms with Crippen LogP contribution in [0.2, 0.25) is 5.02 Å². The molecule has 0 aliphatic heterocycles. The third-order valence-electron chi connectivity index (χ3n) is 4.31. The fourth-order valence-corrected chi connectivity index (χ4v) is 4.80. The molecule has 3 aromatic rings. The summed E-state index contributed by atoms with van der Waals surface area (Å²) < 4.78 is 4.84. The van der Waals surface area contributed by atoms with Gasteiger partial charge in [-0.25, -0.2) is 0 Å². The largest absolute Gasteiger partial charge is 0.468 e. The monoisotopic (exact) mass is 447 g/mol. The number of Topliss-reactive ketones (excluding diaryl/α,β-unsaturated/α-hetero) is 1. The average molecular weight is 448 g/mol. The highest BCUT2D eigenvalue weighted by Crippen LogP contribution is 2.37. The van der Waals surface area contributed by atoms with Gasteiger partial charge in [-0.2, -0.15) is 11.3 Å². The molecule has 29 heavy (non-hydrogen) atoms. The van der Waals surface area contributed by atoms with Gasteiger partial charge in [-0.1, -0.05) is 29.8 Å². The third-order valence-corrected chi connectivity index (χ3v) is 6.73. The first kappa shape index (κ1) is 21.5. The van der Waals surface area contributed by atoms with Crippen LogP contribution in [0.4, 0.5) is 0 Å². The Labute approximate surface area is 181 Å². The van der Waals surface area contributed by atoms with E-state index in [4.69, 9.17) is 16.3 Å². The first-order valence-electron chi connectivity index (χ1n) is 8.64. The second-order valence-electron chi connectivity index (χ2n) is 6.18. The number of aliphatic hydroxyl groups is 1. The summed E-state index contributed by atoms with van der Waals surface area (Å²) in [5.74, 6) is -1.19. The van der Waals surface area contributed by atoms with Crippen molar-refractivity contribution in [2.45, 2.75) is 22.2 Å². The minimum absolute atomic E-state index is 0.332. The predicted octanol–water partition coefficient (Wildman–Crippen LogP) is 4.33. The van der Waals surface area contributed by atoms with E-state index in [0.717, 1.165) is 11.8 Å². The minimum Gasteiger partial charge on any atom is -0.468 e. The molecule has 1 N–H and O–H groups in total. The van der Waals surface area contributed by atoms with Crippen molar-refractivity contribution in [1.82, 2.24) is 4.98 Å². The van der Waals surface area contributed by atoms with Crippen molar-refractivity contribution in [3.63, 3.8) is 0 Å². The summed E-state index contributed by atoms with van der Waals surface area (Å²) >= 11 is 8.59. The summed E-state index contributed by atoms with van der Waals surface area (Å²) in [5.41, 5.74) is -0.787. The number of hydrogen-bond acceptors (Lipinski definition) is 7. The Morgan fingerprint density at radius 3 is 2.62 bits per heavy atom. The molecule has 5 nitrogen and oxygen atoms in total. The summed E-state index contributed by atoms with van der Waals surface area (Å²) in [6.45, 7) is 0. The van der Waals surface area contributed by atoms with Crippen LogP contribution in [0.25, 0.3) is 0 Å². The van der Waals surface area contributed by atoms with E-state index in [1.165, 1.54) is 18.4 Å². The molecule has 2 unspecified atom stereocenters. The van der Waals surface area contributed by atoms with Crippen molar-refractivity contribution in [2.24, 2.45) is 0 Å². The number of aromatic nitrogens is 1. The van der Waals surface area contributed by atoms with Gasteiger partial charge < -0.3 is 9.84 Å². The maximum atomic E-state index is 13.2. The molecule has 3 rings (SSSR count). The lowest BCUT2D eigenvalue weighted by Gasteiger charge is -2.27. The zero-order chi connectivity index (χ0) is 20.9. The van der Waals surface area contributed by atoms with Crippen molar-refractivity contribution in [2.75, 3.05) is 7.11 Å². The van der Waals surface area contributed by atoms with Gasteiger partial charge in [-0.05, 0) is 41.1 Å². The van der Waals surface area contributed by atoms with Gasteiger partial charge in [0.15, 0.2) is 11.0 Å².